The number of allylic oxidation sites excluding steroid dienone is 1. The first-order valence-corrected chi connectivity index (χ1v) is 7.86. The summed E-state index contributed by atoms with van der Waals surface area (Å²) in [6.45, 7) is 0. The van der Waals surface area contributed by atoms with Gasteiger partial charge in [0.25, 0.3) is 0 Å². The van der Waals surface area contributed by atoms with Crippen LogP contribution in [-0.4, -0.2) is 10.8 Å². The minimum Gasteiger partial charge on any atom is -0.289 e. The highest BCUT2D eigenvalue weighted by Gasteiger charge is 2.04. The molecule has 0 aliphatic heterocycles. The molecular formula is C22H15NO. The smallest absolute Gasteiger partial charge is 0.187 e. The van der Waals surface area contributed by atoms with Gasteiger partial charge >= 0.3 is 0 Å². The number of ketones is 1. The molecule has 2 nitrogen and oxygen atoms in total. The Labute approximate surface area is 140 Å². The predicted molar refractivity (Wildman–Crippen MR) is 99.1 cm³/mol. The molecule has 0 radical (unpaired) electrons. The second-order valence-electron chi connectivity index (χ2n) is 5.72. The molecule has 0 spiro atoms. The van der Waals surface area contributed by atoms with E-state index in [2.05, 4.69) is 29.2 Å². The maximum Gasteiger partial charge on any atom is 0.187 e. The quantitative estimate of drug-likeness (QED) is 0.380. The minimum atomic E-state index is -0.0404. The van der Waals surface area contributed by atoms with E-state index in [0.717, 1.165) is 16.5 Å². The maximum atomic E-state index is 12.4. The van der Waals surface area contributed by atoms with E-state index in [1.807, 2.05) is 54.6 Å². The SMILES string of the molecule is O=C(C=Cc1ccc2ccccc2c1)c1cnc2ccccc2c1. The Bertz CT molecular complexity index is 1080. The average Bonchev–Trinajstić information content (AvgIpc) is 2.65. The zero-order valence-electron chi connectivity index (χ0n) is 13.0. The van der Waals surface area contributed by atoms with Gasteiger partial charge in [0.2, 0.25) is 0 Å². The lowest BCUT2D eigenvalue weighted by molar-refractivity contribution is 0.104. The minimum absolute atomic E-state index is 0.0404. The highest BCUT2D eigenvalue weighted by Crippen LogP contribution is 2.17. The summed E-state index contributed by atoms with van der Waals surface area (Å²) in [5, 5.41) is 3.33. The topological polar surface area (TPSA) is 30.0 Å². The Balaban J connectivity index is 1.62. The van der Waals surface area contributed by atoms with Crippen molar-refractivity contribution in [1.82, 2.24) is 4.98 Å². The van der Waals surface area contributed by atoms with Crippen molar-refractivity contribution in [2.24, 2.45) is 0 Å². The molecule has 0 fully saturated rings. The van der Waals surface area contributed by atoms with Gasteiger partial charge in [-0.05, 0) is 40.6 Å². The summed E-state index contributed by atoms with van der Waals surface area (Å²) in [4.78, 5) is 16.7. The van der Waals surface area contributed by atoms with Crippen molar-refractivity contribution in [3.8, 4) is 0 Å². The molecule has 4 rings (SSSR count). The van der Waals surface area contributed by atoms with E-state index in [0.29, 0.717) is 5.56 Å². The zero-order chi connectivity index (χ0) is 16.4. The first kappa shape index (κ1) is 14.3. The van der Waals surface area contributed by atoms with Crippen LogP contribution in [0.4, 0.5) is 0 Å². The molecule has 1 aromatic heterocycles. The zero-order valence-corrected chi connectivity index (χ0v) is 13.0. The summed E-state index contributed by atoms with van der Waals surface area (Å²) >= 11 is 0. The van der Waals surface area contributed by atoms with Crippen LogP contribution >= 0.6 is 0 Å². The van der Waals surface area contributed by atoms with E-state index in [9.17, 15) is 4.79 Å². The highest BCUT2D eigenvalue weighted by molar-refractivity contribution is 6.08. The van der Waals surface area contributed by atoms with Crippen LogP contribution in [0, 0.1) is 0 Å². The molecule has 2 heteroatoms. The average molecular weight is 309 g/mol. The molecule has 0 bridgehead atoms. The van der Waals surface area contributed by atoms with Crippen molar-refractivity contribution in [1.29, 1.82) is 0 Å². The van der Waals surface area contributed by atoms with Gasteiger partial charge in [-0.25, -0.2) is 0 Å². The lowest BCUT2D eigenvalue weighted by Gasteiger charge is -2.01. The summed E-state index contributed by atoms with van der Waals surface area (Å²) < 4.78 is 0. The van der Waals surface area contributed by atoms with Crippen LogP contribution in [0.1, 0.15) is 15.9 Å². The summed E-state index contributed by atoms with van der Waals surface area (Å²) in [7, 11) is 0. The first-order chi connectivity index (χ1) is 11.8. The van der Waals surface area contributed by atoms with Gasteiger partial charge in [0.1, 0.15) is 0 Å². The highest BCUT2D eigenvalue weighted by atomic mass is 16.1. The first-order valence-electron chi connectivity index (χ1n) is 7.86. The van der Waals surface area contributed by atoms with Gasteiger partial charge in [0, 0.05) is 17.1 Å². The lowest BCUT2D eigenvalue weighted by Crippen LogP contribution is -1.95. The second-order valence-corrected chi connectivity index (χ2v) is 5.72. The number of carbonyl (C=O) groups is 1. The Hall–Kier alpha value is -3.26. The third-order valence-corrected chi connectivity index (χ3v) is 4.08. The van der Waals surface area contributed by atoms with Crippen molar-refractivity contribution < 1.29 is 4.79 Å². The number of hydrogen-bond acceptors (Lipinski definition) is 2. The number of benzene rings is 3. The third kappa shape index (κ3) is 2.82. The number of aromatic nitrogens is 1. The van der Waals surface area contributed by atoms with Gasteiger partial charge in [-0.15, -0.1) is 0 Å². The molecule has 0 saturated carbocycles. The fraction of sp³-hybridized carbons (Fsp3) is 0. The molecule has 0 atom stereocenters. The van der Waals surface area contributed by atoms with E-state index < -0.39 is 0 Å². The Kier molecular flexibility index (Phi) is 3.64. The van der Waals surface area contributed by atoms with Gasteiger partial charge in [-0.3, -0.25) is 9.78 Å². The van der Waals surface area contributed by atoms with Crippen molar-refractivity contribution >= 4 is 33.5 Å². The Morgan fingerprint density at radius 3 is 2.42 bits per heavy atom. The Morgan fingerprint density at radius 1 is 0.792 bits per heavy atom. The van der Waals surface area contributed by atoms with Gasteiger partial charge in [0.05, 0.1) is 5.52 Å². The molecule has 24 heavy (non-hydrogen) atoms. The Morgan fingerprint density at radius 2 is 1.54 bits per heavy atom. The molecule has 0 aliphatic carbocycles. The predicted octanol–water partition coefficient (Wildman–Crippen LogP) is 5.28. The van der Waals surface area contributed by atoms with Crippen molar-refractivity contribution in [2.45, 2.75) is 0 Å². The number of pyridine rings is 1. The maximum absolute atomic E-state index is 12.4. The molecule has 0 N–H and O–H groups in total. The molecule has 4 aromatic rings. The summed E-state index contributed by atoms with van der Waals surface area (Å²) in [5.74, 6) is -0.0404. The standard InChI is InChI=1S/C22H15NO/c24-22(20-14-19-7-3-4-8-21(19)23-15-20)12-10-16-9-11-17-5-1-2-6-18(17)13-16/h1-15H. The number of rotatable bonds is 3. The molecule has 114 valence electrons. The normalized spacial score (nSPS) is 11.3. The molecule has 1 heterocycles. The number of nitrogens with zero attached hydrogens (tertiary/aromatic N) is 1. The largest absolute Gasteiger partial charge is 0.289 e. The number of para-hydroxylation sites is 1. The molecule has 0 aliphatic rings. The second kappa shape index (κ2) is 6.09. The van der Waals surface area contributed by atoms with Gasteiger partial charge < -0.3 is 0 Å². The molecule has 0 amide bonds. The van der Waals surface area contributed by atoms with Crippen LogP contribution in [0.2, 0.25) is 0 Å². The van der Waals surface area contributed by atoms with E-state index in [-0.39, 0.29) is 5.78 Å². The number of hydrogen-bond donors (Lipinski definition) is 0. The summed E-state index contributed by atoms with van der Waals surface area (Å²) in [6, 6.07) is 24.0. The molecular weight excluding hydrogens is 294 g/mol. The molecule has 0 unspecified atom stereocenters. The summed E-state index contributed by atoms with van der Waals surface area (Å²) in [6.07, 6.45) is 5.09. The van der Waals surface area contributed by atoms with Crippen LogP contribution in [0.25, 0.3) is 27.8 Å². The van der Waals surface area contributed by atoms with Gasteiger partial charge in [-0.1, -0.05) is 60.7 Å². The van der Waals surface area contributed by atoms with Crippen LogP contribution < -0.4 is 0 Å². The van der Waals surface area contributed by atoms with E-state index in [1.165, 1.54) is 10.8 Å². The van der Waals surface area contributed by atoms with Gasteiger partial charge in [0.15, 0.2) is 5.78 Å². The lowest BCUT2D eigenvalue weighted by atomic mass is 10.1. The van der Waals surface area contributed by atoms with Crippen molar-refractivity contribution in [3.05, 3.63) is 96.2 Å². The van der Waals surface area contributed by atoms with Gasteiger partial charge in [-0.2, -0.15) is 0 Å². The van der Waals surface area contributed by atoms with Crippen molar-refractivity contribution in [2.75, 3.05) is 0 Å². The fourth-order valence-electron chi connectivity index (χ4n) is 2.79. The fourth-order valence-corrected chi connectivity index (χ4v) is 2.79. The van der Waals surface area contributed by atoms with Crippen LogP contribution in [0.3, 0.4) is 0 Å². The third-order valence-electron chi connectivity index (χ3n) is 4.08. The van der Waals surface area contributed by atoms with E-state index in [1.54, 1.807) is 12.3 Å². The van der Waals surface area contributed by atoms with E-state index >= 15 is 0 Å². The molecule has 0 saturated heterocycles. The molecule has 3 aromatic carbocycles. The number of fused-ring (bicyclic) bond motifs is 2. The monoisotopic (exact) mass is 309 g/mol. The number of carbonyl (C=O) groups excluding carboxylic acids is 1. The van der Waals surface area contributed by atoms with Crippen LogP contribution in [0.5, 0.6) is 0 Å². The summed E-state index contributed by atoms with van der Waals surface area (Å²) in [5.41, 5.74) is 2.51. The van der Waals surface area contributed by atoms with Crippen molar-refractivity contribution in [3.63, 3.8) is 0 Å². The van der Waals surface area contributed by atoms with Crippen LogP contribution in [0.15, 0.2) is 85.1 Å². The van der Waals surface area contributed by atoms with E-state index in [4.69, 9.17) is 0 Å². The van der Waals surface area contributed by atoms with Crippen LogP contribution in [-0.2, 0) is 0 Å².